The molecule has 0 unspecified atom stereocenters. The van der Waals surface area contributed by atoms with Crippen LogP contribution < -0.4 is 0 Å². The molecule has 0 spiro atoms. The zero-order valence-corrected chi connectivity index (χ0v) is 14.9. The zero-order valence-electron chi connectivity index (χ0n) is 11.7. The Morgan fingerprint density at radius 1 is 1.24 bits per heavy atom. The monoisotopic (exact) mass is 385 g/mol. The number of aryl methyl sites for hydroxylation is 2. The number of halogens is 1. The summed E-state index contributed by atoms with van der Waals surface area (Å²) in [6.07, 6.45) is 3.17. The minimum atomic E-state index is -3.42. The van der Waals surface area contributed by atoms with Crippen LogP contribution in [0.15, 0.2) is 39.0 Å². The topological polar surface area (TPSA) is 37.4 Å². The van der Waals surface area contributed by atoms with Crippen molar-refractivity contribution in [3.05, 3.63) is 50.1 Å². The maximum Gasteiger partial charge on any atom is 0.243 e. The Hall–Kier alpha value is -0.690. The summed E-state index contributed by atoms with van der Waals surface area (Å²) in [4.78, 5) is 1.43. The van der Waals surface area contributed by atoms with Crippen LogP contribution in [0.4, 0.5) is 0 Å². The zero-order chi connectivity index (χ0) is 15.0. The number of hydrogen-bond donors (Lipinski definition) is 0. The largest absolute Gasteiger partial charge is 0.243 e. The Morgan fingerprint density at radius 2 is 2.00 bits per heavy atom. The van der Waals surface area contributed by atoms with E-state index in [1.165, 1.54) is 15.4 Å². The number of rotatable bonds is 4. The van der Waals surface area contributed by atoms with Crippen molar-refractivity contribution in [1.82, 2.24) is 4.31 Å². The van der Waals surface area contributed by atoms with Crippen molar-refractivity contribution in [2.24, 2.45) is 0 Å². The molecule has 0 N–H and O–H groups in total. The van der Waals surface area contributed by atoms with Crippen molar-refractivity contribution < 1.29 is 8.42 Å². The van der Waals surface area contributed by atoms with Crippen LogP contribution in [0.2, 0.25) is 0 Å². The second kappa shape index (κ2) is 5.83. The average molecular weight is 386 g/mol. The van der Waals surface area contributed by atoms with E-state index in [1.807, 2.05) is 23.6 Å². The second-order valence-electron chi connectivity index (χ2n) is 5.28. The van der Waals surface area contributed by atoms with Crippen LogP contribution in [0.25, 0.3) is 0 Å². The molecule has 0 aliphatic heterocycles. The molecular formula is C15H16BrNO2S2. The maximum absolute atomic E-state index is 12.7. The fourth-order valence-corrected chi connectivity index (χ4v) is 5.42. The number of nitrogens with zero attached hydrogens (tertiary/aromatic N) is 1. The summed E-state index contributed by atoms with van der Waals surface area (Å²) in [6, 6.07) is 7.50. The first-order valence-electron chi connectivity index (χ1n) is 6.78. The third kappa shape index (κ3) is 3.08. The van der Waals surface area contributed by atoms with Crippen molar-refractivity contribution >= 4 is 37.3 Å². The summed E-state index contributed by atoms with van der Waals surface area (Å²) < 4.78 is 27.7. The van der Waals surface area contributed by atoms with Gasteiger partial charge in [0, 0.05) is 28.3 Å². The maximum atomic E-state index is 12.7. The number of benzene rings is 1. The molecule has 0 fully saturated rings. The van der Waals surface area contributed by atoms with Crippen LogP contribution in [0.5, 0.6) is 0 Å². The summed E-state index contributed by atoms with van der Waals surface area (Å²) in [5, 5.41) is 1.96. The van der Waals surface area contributed by atoms with Crippen LogP contribution >= 0.6 is 27.3 Å². The van der Waals surface area contributed by atoms with E-state index in [9.17, 15) is 8.42 Å². The van der Waals surface area contributed by atoms with E-state index in [0.717, 1.165) is 28.6 Å². The van der Waals surface area contributed by atoms with Crippen LogP contribution in [0, 0.1) is 0 Å². The molecule has 1 aliphatic rings. The fraction of sp³-hybridized carbons (Fsp3) is 0.333. The molecule has 21 heavy (non-hydrogen) atoms. The first-order chi connectivity index (χ1) is 9.96. The summed E-state index contributed by atoms with van der Waals surface area (Å²) in [5.74, 6) is 0. The minimum Gasteiger partial charge on any atom is -0.207 e. The predicted octanol–water partition coefficient (Wildman–Crippen LogP) is 3.82. The van der Waals surface area contributed by atoms with Crippen molar-refractivity contribution in [2.75, 3.05) is 7.05 Å². The molecule has 1 aromatic heterocycles. The van der Waals surface area contributed by atoms with Crippen LogP contribution in [-0.4, -0.2) is 19.8 Å². The van der Waals surface area contributed by atoms with E-state index in [-0.39, 0.29) is 0 Å². The summed E-state index contributed by atoms with van der Waals surface area (Å²) in [5.41, 5.74) is 2.47. The molecule has 3 nitrogen and oxygen atoms in total. The molecule has 1 heterocycles. The van der Waals surface area contributed by atoms with Crippen molar-refractivity contribution in [2.45, 2.75) is 30.7 Å². The van der Waals surface area contributed by atoms with Gasteiger partial charge in [-0.15, -0.1) is 11.3 Å². The third-order valence-electron chi connectivity index (χ3n) is 3.78. The van der Waals surface area contributed by atoms with Gasteiger partial charge in [0.15, 0.2) is 0 Å². The lowest BCUT2D eigenvalue weighted by molar-refractivity contribution is 0.469. The van der Waals surface area contributed by atoms with Crippen molar-refractivity contribution in [1.29, 1.82) is 0 Å². The molecule has 0 amide bonds. The van der Waals surface area contributed by atoms with Gasteiger partial charge < -0.3 is 0 Å². The number of fused-ring (bicyclic) bond motifs is 1. The van der Waals surface area contributed by atoms with E-state index in [1.54, 1.807) is 24.5 Å². The molecule has 1 aliphatic carbocycles. The molecule has 3 rings (SSSR count). The van der Waals surface area contributed by atoms with E-state index in [0.29, 0.717) is 11.4 Å². The Labute approximate surface area is 137 Å². The van der Waals surface area contributed by atoms with Gasteiger partial charge in [-0.2, -0.15) is 4.31 Å². The molecule has 0 atom stereocenters. The highest BCUT2D eigenvalue weighted by atomic mass is 79.9. The molecule has 1 aromatic carbocycles. The van der Waals surface area contributed by atoms with Gasteiger partial charge in [-0.25, -0.2) is 8.42 Å². The minimum absolute atomic E-state index is 0.398. The summed E-state index contributed by atoms with van der Waals surface area (Å²) in [6.45, 7) is 0.398. The van der Waals surface area contributed by atoms with Crippen LogP contribution in [-0.2, 0) is 29.4 Å². The van der Waals surface area contributed by atoms with Crippen molar-refractivity contribution in [3.63, 3.8) is 0 Å². The highest BCUT2D eigenvalue weighted by Crippen LogP contribution is 2.27. The molecule has 112 valence electrons. The first-order valence-corrected chi connectivity index (χ1v) is 9.89. The smallest absolute Gasteiger partial charge is 0.207 e. The van der Waals surface area contributed by atoms with Gasteiger partial charge in [-0.3, -0.25) is 0 Å². The van der Waals surface area contributed by atoms with Gasteiger partial charge >= 0.3 is 0 Å². The molecule has 6 heteroatoms. The number of thiophene rings is 1. The lowest BCUT2D eigenvalue weighted by Crippen LogP contribution is -2.26. The van der Waals surface area contributed by atoms with Gasteiger partial charge in [0.25, 0.3) is 0 Å². The number of hydrogen-bond acceptors (Lipinski definition) is 3. The fourth-order valence-electron chi connectivity index (χ4n) is 2.63. The Kier molecular flexibility index (Phi) is 4.23. The lowest BCUT2D eigenvalue weighted by atomic mass is 10.1. The van der Waals surface area contributed by atoms with Crippen LogP contribution in [0.3, 0.4) is 0 Å². The van der Waals surface area contributed by atoms with E-state index in [4.69, 9.17) is 0 Å². The Morgan fingerprint density at radius 3 is 2.71 bits per heavy atom. The second-order valence-corrected chi connectivity index (χ2v) is 9.23. The van der Waals surface area contributed by atoms with Gasteiger partial charge in [-0.1, -0.05) is 6.07 Å². The molecule has 2 aromatic rings. The SMILES string of the molecule is CN(Cc1cc(Br)cs1)S(=O)(=O)c1ccc2c(c1)CCC2. The highest BCUT2D eigenvalue weighted by Gasteiger charge is 2.23. The molecular weight excluding hydrogens is 370 g/mol. The van der Waals surface area contributed by atoms with E-state index < -0.39 is 10.0 Å². The highest BCUT2D eigenvalue weighted by molar-refractivity contribution is 9.10. The van der Waals surface area contributed by atoms with E-state index in [2.05, 4.69) is 15.9 Å². The standard InChI is InChI=1S/C15H16BrNO2S2/c1-17(9-14-8-13(16)10-20-14)21(18,19)15-6-5-11-3-2-4-12(11)7-15/h5-8,10H,2-4,9H2,1H3. The molecule has 0 saturated carbocycles. The Balaban J connectivity index is 1.85. The van der Waals surface area contributed by atoms with Gasteiger partial charge in [0.1, 0.15) is 0 Å². The average Bonchev–Trinajstić information content (AvgIpc) is 3.06. The van der Waals surface area contributed by atoms with Crippen LogP contribution in [0.1, 0.15) is 22.4 Å². The van der Waals surface area contributed by atoms with Gasteiger partial charge in [0.05, 0.1) is 4.90 Å². The molecule has 0 saturated heterocycles. The summed E-state index contributed by atoms with van der Waals surface area (Å²) in [7, 11) is -1.79. The number of sulfonamides is 1. The predicted molar refractivity (Wildman–Crippen MR) is 89.1 cm³/mol. The Bertz CT molecular complexity index is 768. The van der Waals surface area contributed by atoms with Gasteiger partial charge in [0.2, 0.25) is 10.0 Å². The third-order valence-corrected chi connectivity index (χ3v) is 7.26. The van der Waals surface area contributed by atoms with Crippen molar-refractivity contribution in [3.8, 4) is 0 Å². The first kappa shape index (κ1) is 15.2. The normalized spacial score (nSPS) is 14.6. The van der Waals surface area contributed by atoms with Gasteiger partial charge in [-0.05, 0) is 64.5 Å². The van der Waals surface area contributed by atoms with E-state index >= 15 is 0 Å². The quantitative estimate of drug-likeness (QED) is 0.801. The lowest BCUT2D eigenvalue weighted by Gasteiger charge is -2.17. The molecule has 0 radical (unpaired) electrons. The summed E-state index contributed by atoms with van der Waals surface area (Å²) >= 11 is 4.95. The molecule has 0 bridgehead atoms.